The van der Waals surface area contributed by atoms with E-state index in [-0.39, 0.29) is 0 Å². The molecular weight excluding hydrogens is 206 g/mol. The number of aromatic nitrogens is 3. The van der Waals surface area contributed by atoms with E-state index in [9.17, 15) is 0 Å². The molecule has 78 valence electrons. The van der Waals surface area contributed by atoms with Gasteiger partial charge in [0.05, 0.1) is 0 Å². The number of hydrogen-bond acceptors (Lipinski definition) is 3. The molecule has 15 heavy (non-hydrogen) atoms. The van der Waals surface area contributed by atoms with Gasteiger partial charge >= 0.3 is 0 Å². The van der Waals surface area contributed by atoms with E-state index in [0.717, 1.165) is 16.7 Å². The van der Waals surface area contributed by atoms with Crippen molar-refractivity contribution >= 4 is 11.8 Å². The Morgan fingerprint density at radius 2 is 1.93 bits per heavy atom. The average molecular weight is 219 g/mol. The number of benzene rings is 1. The first-order chi connectivity index (χ1) is 7.27. The van der Waals surface area contributed by atoms with Gasteiger partial charge in [-0.1, -0.05) is 42.1 Å². The van der Waals surface area contributed by atoms with Crippen molar-refractivity contribution in [1.29, 1.82) is 0 Å². The maximum atomic E-state index is 4.11. The molecule has 1 aromatic carbocycles. The highest BCUT2D eigenvalue weighted by Gasteiger charge is 2.04. The third-order valence-electron chi connectivity index (χ3n) is 2.26. The third-order valence-corrected chi connectivity index (χ3v) is 3.35. The summed E-state index contributed by atoms with van der Waals surface area (Å²) < 4.78 is 2.01. The summed E-state index contributed by atoms with van der Waals surface area (Å²) in [5.41, 5.74) is 1.31. The Labute approximate surface area is 93.5 Å². The molecule has 0 fully saturated rings. The number of rotatable bonds is 3. The van der Waals surface area contributed by atoms with Crippen molar-refractivity contribution in [3.63, 3.8) is 0 Å². The summed E-state index contributed by atoms with van der Waals surface area (Å²) in [6, 6.07) is 10.4. The zero-order chi connectivity index (χ0) is 10.7. The molecule has 4 heteroatoms. The standard InChI is InChI=1S/C11H13N3S/c1-9-12-13-11(14(9)2)15-8-10-6-4-3-5-7-10/h3-7H,8H2,1-2H3. The van der Waals surface area contributed by atoms with Gasteiger partial charge in [0, 0.05) is 12.8 Å². The Hall–Kier alpha value is -1.29. The van der Waals surface area contributed by atoms with E-state index < -0.39 is 0 Å². The van der Waals surface area contributed by atoms with Crippen LogP contribution in [0.5, 0.6) is 0 Å². The van der Waals surface area contributed by atoms with Crippen molar-refractivity contribution in [2.45, 2.75) is 17.8 Å². The third kappa shape index (κ3) is 2.39. The van der Waals surface area contributed by atoms with E-state index in [4.69, 9.17) is 0 Å². The van der Waals surface area contributed by atoms with Gasteiger partial charge in [-0.15, -0.1) is 10.2 Å². The number of nitrogens with zero attached hydrogens (tertiary/aromatic N) is 3. The van der Waals surface area contributed by atoms with Crippen LogP contribution >= 0.6 is 11.8 Å². The molecule has 0 N–H and O–H groups in total. The smallest absolute Gasteiger partial charge is 0.191 e. The SMILES string of the molecule is Cc1nnc(SCc2ccccc2)n1C. The molecule has 0 saturated heterocycles. The average Bonchev–Trinajstić information content (AvgIpc) is 2.59. The van der Waals surface area contributed by atoms with Gasteiger partial charge in [-0.2, -0.15) is 0 Å². The molecule has 0 aliphatic carbocycles. The van der Waals surface area contributed by atoms with Gasteiger partial charge in [0.15, 0.2) is 5.16 Å². The van der Waals surface area contributed by atoms with Gasteiger partial charge in [0.2, 0.25) is 0 Å². The highest BCUT2D eigenvalue weighted by atomic mass is 32.2. The fourth-order valence-corrected chi connectivity index (χ4v) is 2.15. The molecule has 0 amide bonds. The topological polar surface area (TPSA) is 30.7 Å². The quantitative estimate of drug-likeness (QED) is 0.743. The fourth-order valence-electron chi connectivity index (χ4n) is 1.24. The minimum Gasteiger partial charge on any atom is -0.309 e. The van der Waals surface area contributed by atoms with Crippen molar-refractivity contribution in [1.82, 2.24) is 14.8 Å². The van der Waals surface area contributed by atoms with Crippen molar-refractivity contribution in [2.75, 3.05) is 0 Å². The molecule has 0 unspecified atom stereocenters. The van der Waals surface area contributed by atoms with Gasteiger partial charge in [-0.3, -0.25) is 0 Å². The lowest BCUT2D eigenvalue weighted by atomic mass is 10.2. The minimum atomic E-state index is 0.937. The molecule has 0 radical (unpaired) electrons. The second-order valence-corrected chi connectivity index (χ2v) is 4.31. The molecule has 0 aliphatic heterocycles. The molecule has 2 aromatic rings. The van der Waals surface area contributed by atoms with Crippen LogP contribution in [0.2, 0.25) is 0 Å². The summed E-state index contributed by atoms with van der Waals surface area (Å²) in [5.74, 6) is 1.89. The van der Waals surface area contributed by atoms with Crippen molar-refractivity contribution in [3.8, 4) is 0 Å². The van der Waals surface area contributed by atoms with Crippen molar-refractivity contribution in [3.05, 3.63) is 41.7 Å². The molecule has 2 rings (SSSR count). The van der Waals surface area contributed by atoms with Gasteiger partial charge < -0.3 is 4.57 Å². The Morgan fingerprint density at radius 3 is 2.53 bits per heavy atom. The van der Waals surface area contributed by atoms with Crippen LogP contribution in [0.1, 0.15) is 11.4 Å². The molecule has 0 saturated carbocycles. The van der Waals surface area contributed by atoms with Crippen LogP contribution in [-0.2, 0) is 12.8 Å². The molecule has 0 atom stereocenters. The fraction of sp³-hybridized carbons (Fsp3) is 0.273. The van der Waals surface area contributed by atoms with Crippen LogP contribution < -0.4 is 0 Å². The number of aryl methyl sites for hydroxylation is 1. The normalized spacial score (nSPS) is 10.5. The van der Waals surface area contributed by atoms with E-state index in [1.807, 2.05) is 24.6 Å². The first kappa shape index (κ1) is 10.2. The van der Waals surface area contributed by atoms with E-state index in [0.29, 0.717) is 0 Å². The Bertz CT molecular complexity index is 436. The highest BCUT2D eigenvalue weighted by Crippen LogP contribution is 2.20. The minimum absolute atomic E-state index is 0.937. The Morgan fingerprint density at radius 1 is 1.20 bits per heavy atom. The largest absolute Gasteiger partial charge is 0.309 e. The zero-order valence-corrected chi connectivity index (χ0v) is 9.66. The molecule has 1 aromatic heterocycles. The van der Waals surface area contributed by atoms with E-state index >= 15 is 0 Å². The summed E-state index contributed by atoms with van der Waals surface area (Å²) in [6.07, 6.45) is 0. The second-order valence-electron chi connectivity index (χ2n) is 3.36. The highest BCUT2D eigenvalue weighted by molar-refractivity contribution is 7.98. The summed E-state index contributed by atoms with van der Waals surface area (Å²) in [5, 5.41) is 9.10. The molecule has 3 nitrogen and oxygen atoms in total. The van der Waals surface area contributed by atoms with Gasteiger partial charge in [-0.05, 0) is 12.5 Å². The van der Waals surface area contributed by atoms with Crippen LogP contribution in [0.4, 0.5) is 0 Å². The summed E-state index contributed by atoms with van der Waals surface area (Å²) in [4.78, 5) is 0. The maximum absolute atomic E-state index is 4.11. The first-order valence-corrected chi connectivity index (χ1v) is 5.78. The van der Waals surface area contributed by atoms with Crippen molar-refractivity contribution in [2.24, 2.45) is 7.05 Å². The van der Waals surface area contributed by atoms with Crippen molar-refractivity contribution < 1.29 is 0 Å². The van der Waals surface area contributed by atoms with Crippen LogP contribution in [0.25, 0.3) is 0 Å². The van der Waals surface area contributed by atoms with Crippen LogP contribution in [0, 0.1) is 6.92 Å². The molecule has 0 spiro atoms. The lowest BCUT2D eigenvalue weighted by Crippen LogP contribution is -1.93. The molecular formula is C11H13N3S. The van der Waals surface area contributed by atoms with Gasteiger partial charge in [0.25, 0.3) is 0 Å². The lowest BCUT2D eigenvalue weighted by Gasteiger charge is -2.01. The molecule has 0 aliphatic rings. The predicted molar refractivity (Wildman–Crippen MR) is 61.7 cm³/mol. The Kier molecular flexibility index (Phi) is 3.06. The monoisotopic (exact) mass is 219 g/mol. The van der Waals surface area contributed by atoms with Crippen LogP contribution in [0.15, 0.2) is 35.5 Å². The van der Waals surface area contributed by atoms with E-state index in [2.05, 4.69) is 34.5 Å². The Balaban J connectivity index is 2.02. The molecule has 0 bridgehead atoms. The number of thioether (sulfide) groups is 1. The first-order valence-electron chi connectivity index (χ1n) is 4.80. The van der Waals surface area contributed by atoms with Gasteiger partial charge in [-0.25, -0.2) is 0 Å². The molecule has 1 heterocycles. The maximum Gasteiger partial charge on any atom is 0.191 e. The lowest BCUT2D eigenvalue weighted by molar-refractivity contribution is 0.765. The zero-order valence-electron chi connectivity index (χ0n) is 8.84. The predicted octanol–water partition coefficient (Wildman–Crippen LogP) is 2.42. The second kappa shape index (κ2) is 4.49. The summed E-state index contributed by atoms with van der Waals surface area (Å²) in [6.45, 7) is 1.96. The summed E-state index contributed by atoms with van der Waals surface area (Å²) in [7, 11) is 1.99. The van der Waals surface area contributed by atoms with E-state index in [1.165, 1.54) is 5.56 Å². The van der Waals surface area contributed by atoms with Crippen LogP contribution in [0.3, 0.4) is 0 Å². The number of hydrogen-bond donors (Lipinski definition) is 0. The summed E-state index contributed by atoms with van der Waals surface area (Å²) >= 11 is 1.71. The van der Waals surface area contributed by atoms with E-state index in [1.54, 1.807) is 11.8 Å². The van der Waals surface area contributed by atoms with Crippen LogP contribution in [-0.4, -0.2) is 14.8 Å². The van der Waals surface area contributed by atoms with Gasteiger partial charge in [0.1, 0.15) is 5.82 Å².